The molecule has 6 nitrogen and oxygen atoms in total. The largest absolute Gasteiger partial charge is 0.352 e. The minimum absolute atomic E-state index is 0.0334. The average molecular weight is 476 g/mol. The van der Waals surface area contributed by atoms with Gasteiger partial charge in [-0.05, 0) is 56.2 Å². The van der Waals surface area contributed by atoms with Crippen LogP contribution in [0, 0.1) is 18.7 Å². The number of hydrogen-bond acceptors (Lipinski definition) is 4. The van der Waals surface area contributed by atoms with Gasteiger partial charge >= 0.3 is 0 Å². The molecule has 168 valence electrons. The predicted octanol–water partition coefficient (Wildman–Crippen LogP) is 4.23. The number of amides is 1. The van der Waals surface area contributed by atoms with Crippen molar-refractivity contribution in [3.05, 3.63) is 76.8 Å². The van der Waals surface area contributed by atoms with Gasteiger partial charge in [0.25, 0.3) is 0 Å². The minimum Gasteiger partial charge on any atom is -0.352 e. The third kappa shape index (κ3) is 4.56. The van der Waals surface area contributed by atoms with Gasteiger partial charge < -0.3 is 5.32 Å². The molecular weight excluding hydrogens is 453 g/mol. The summed E-state index contributed by atoms with van der Waals surface area (Å²) in [5.74, 6) is -1.51. The van der Waals surface area contributed by atoms with Crippen molar-refractivity contribution in [2.75, 3.05) is 0 Å². The second-order valence-electron chi connectivity index (χ2n) is 8.02. The highest BCUT2D eigenvalue weighted by Crippen LogP contribution is 2.35. The lowest BCUT2D eigenvalue weighted by Gasteiger charge is -2.19. The van der Waals surface area contributed by atoms with Crippen molar-refractivity contribution < 1.29 is 17.6 Å². The minimum atomic E-state index is -3.75. The molecule has 3 aromatic rings. The number of aromatic nitrogens is 2. The molecule has 1 saturated carbocycles. The highest BCUT2D eigenvalue weighted by Gasteiger charge is 2.42. The molecule has 9 heteroatoms. The van der Waals surface area contributed by atoms with Crippen molar-refractivity contribution in [3.8, 4) is 5.69 Å². The van der Waals surface area contributed by atoms with Gasteiger partial charge in [-0.1, -0.05) is 35.7 Å². The summed E-state index contributed by atoms with van der Waals surface area (Å²) in [7, 11) is -3.75. The highest BCUT2D eigenvalue weighted by molar-refractivity contribution is 7.92. The second-order valence-corrected chi connectivity index (χ2v) is 10.5. The number of nitrogens with one attached hydrogen (secondary N) is 1. The lowest BCUT2D eigenvalue weighted by molar-refractivity contribution is -0.124. The summed E-state index contributed by atoms with van der Waals surface area (Å²) >= 11 is 6.25. The summed E-state index contributed by atoms with van der Waals surface area (Å²) in [4.78, 5) is 12.9. The standard InChI is InChI=1S/C23H23ClFN3O3S/c1-15-5-9-18(10-6-15)28-14-16(22(24)27-28)13-26-23(29)20-3-2-4-21(20)32(30,31)19-11-7-17(25)8-12-19/h5-12,14,20-21H,2-4,13H2,1H3,(H,26,29)/t20-,21+/m1/s1. The maximum absolute atomic E-state index is 13.2. The number of carbonyl (C=O) groups excluding carboxylic acids is 1. The summed E-state index contributed by atoms with van der Waals surface area (Å²) < 4.78 is 40.9. The molecule has 1 aliphatic carbocycles. The van der Waals surface area contributed by atoms with Gasteiger partial charge in [-0.2, -0.15) is 5.10 Å². The van der Waals surface area contributed by atoms with Gasteiger partial charge in [0.1, 0.15) is 5.82 Å². The number of halogens is 2. The Morgan fingerprint density at radius 1 is 1.16 bits per heavy atom. The van der Waals surface area contributed by atoms with Crippen molar-refractivity contribution in [1.29, 1.82) is 0 Å². The quantitative estimate of drug-likeness (QED) is 0.541. The maximum atomic E-state index is 13.2. The molecule has 2 aromatic carbocycles. The molecule has 32 heavy (non-hydrogen) atoms. The number of hydrogen-bond donors (Lipinski definition) is 1. The molecule has 0 radical (unpaired) electrons. The van der Waals surface area contributed by atoms with E-state index in [0.717, 1.165) is 23.4 Å². The number of benzene rings is 2. The summed E-state index contributed by atoms with van der Waals surface area (Å²) in [6.07, 6.45) is 3.25. The summed E-state index contributed by atoms with van der Waals surface area (Å²) in [6.45, 7) is 2.14. The zero-order valence-corrected chi connectivity index (χ0v) is 19.0. The van der Waals surface area contributed by atoms with Gasteiger partial charge in [0.2, 0.25) is 5.91 Å². The molecule has 0 bridgehead atoms. The molecule has 0 unspecified atom stereocenters. The number of nitrogens with zero attached hydrogens (tertiary/aromatic N) is 2. The SMILES string of the molecule is Cc1ccc(-n2cc(CNC(=O)[C@@H]3CCC[C@@H]3S(=O)(=O)c3ccc(F)cc3)c(Cl)n2)cc1. The van der Waals surface area contributed by atoms with Crippen molar-refractivity contribution >= 4 is 27.3 Å². The summed E-state index contributed by atoms with van der Waals surface area (Å²) in [5, 5.41) is 6.54. The normalized spacial score (nSPS) is 18.6. The van der Waals surface area contributed by atoms with Crippen LogP contribution in [0.4, 0.5) is 4.39 Å². The molecule has 2 atom stereocenters. The van der Waals surface area contributed by atoms with Crippen LogP contribution in [0.15, 0.2) is 59.6 Å². The van der Waals surface area contributed by atoms with E-state index in [0.29, 0.717) is 24.8 Å². The van der Waals surface area contributed by atoms with E-state index < -0.39 is 26.8 Å². The first-order chi connectivity index (χ1) is 15.3. The van der Waals surface area contributed by atoms with Crippen molar-refractivity contribution in [3.63, 3.8) is 0 Å². The molecule has 1 aliphatic rings. The van der Waals surface area contributed by atoms with Crippen LogP contribution in [-0.2, 0) is 21.2 Å². The first-order valence-electron chi connectivity index (χ1n) is 10.3. The van der Waals surface area contributed by atoms with Crippen LogP contribution in [0.5, 0.6) is 0 Å². The summed E-state index contributed by atoms with van der Waals surface area (Å²) in [6, 6.07) is 12.5. The van der Waals surface area contributed by atoms with Crippen LogP contribution in [-0.4, -0.2) is 29.4 Å². The van der Waals surface area contributed by atoms with Crippen LogP contribution in [0.3, 0.4) is 0 Å². The fourth-order valence-electron chi connectivity index (χ4n) is 4.05. The second kappa shape index (κ2) is 9.03. The van der Waals surface area contributed by atoms with E-state index in [1.165, 1.54) is 12.1 Å². The van der Waals surface area contributed by atoms with Crippen LogP contribution in [0.1, 0.15) is 30.4 Å². The van der Waals surface area contributed by atoms with Gasteiger partial charge in [-0.3, -0.25) is 4.79 Å². The molecule has 1 aromatic heterocycles. The van der Waals surface area contributed by atoms with E-state index in [1.54, 1.807) is 10.9 Å². The molecule has 4 rings (SSSR count). The van der Waals surface area contributed by atoms with E-state index in [2.05, 4.69) is 10.4 Å². The fourth-order valence-corrected chi connectivity index (χ4v) is 6.28. The third-order valence-electron chi connectivity index (χ3n) is 5.82. The highest BCUT2D eigenvalue weighted by atomic mass is 35.5. The Morgan fingerprint density at radius 3 is 2.53 bits per heavy atom. The molecule has 1 heterocycles. The van der Waals surface area contributed by atoms with Crippen LogP contribution >= 0.6 is 11.6 Å². The van der Waals surface area contributed by atoms with E-state index in [9.17, 15) is 17.6 Å². The van der Waals surface area contributed by atoms with Crippen LogP contribution < -0.4 is 5.32 Å². The van der Waals surface area contributed by atoms with Gasteiger partial charge in [-0.15, -0.1) is 0 Å². The van der Waals surface area contributed by atoms with E-state index >= 15 is 0 Å². The Bertz CT molecular complexity index is 1220. The Balaban J connectivity index is 1.46. The Hall–Kier alpha value is -2.71. The fraction of sp³-hybridized carbons (Fsp3) is 0.304. The van der Waals surface area contributed by atoms with E-state index in [4.69, 9.17) is 11.6 Å². The van der Waals surface area contributed by atoms with Gasteiger partial charge in [-0.25, -0.2) is 17.5 Å². The van der Waals surface area contributed by atoms with Crippen LogP contribution in [0.25, 0.3) is 5.69 Å². The zero-order chi connectivity index (χ0) is 22.9. The lowest BCUT2D eigenvalue weighted by atomic mass is 10.1. The van der Waals surface area contributed by atoms with Crippen LogP contribution in [0.2, 0.25) is 5.15 Å². The molecule has 1 fully saturated rings. The Morgan fingerprint density at radius 2 is 1.84 bits per heavy atom. The Kier molecular flexibility index (Phi) is 6.35. The summed E-state index contributed by atoms with van der Waals surface area (Å²) in [5.41, 5.74) is 2.61. The zero-order valence-electron chi connectivity index (χ0n) is 17.5. The number of aryl methyl sites for hydroxylation is 1. The topological polar surface area (TPSA) is 81.1 Å². The molecule has 0 aliphatic heterocycles. The molecule has 0 saturated heterocycles. The van der Waals surface area contributed by atoms with E-state index in [1.807, 2.05) is 31.2 Å². The average Bonchev–Trinajstić information content (AvgIpc) is 3.40. The molecule has 0 spiro atoms. The number of rotatable bonds is 6. The number of sulfone groups is 1. The lowest BCUT2D eigenvalue weighted by Crippen LogP contribution is -2.38. The third-order valence-corrected chi connectivity index (χ3v) is 8.43. The Labute approximate surface area is 191 Å². The maximum Gasteiger partial charge on any atom is 0.224 e. The predicted molar refractivity (Wildman–Crippen MR) is 120 cm³/mol. The van der Waals surface area contributed by atoms with Gasteiger partial charge in [0.15, 0.2) is 15.0 Å². The first kappa shape index (κ1) is 22.5. The molecule has 1 amide bonds. The molecular formula is C23H23ClFN3O3S. The first-order valence-corrected chi connectivity index (χ1v) is 12.3. The van der Waals surface area contributed by atoms with Gasteiger partial charge in [0, 0.05) is 18.3 Å². The molecule has 1 N–H and O–H groups in total. The van der Waals surface area contributed by atoms with Crippen molar-refractivity contribution in [1.82, 2.24) is 15.1 Å². The monoisotopic (exact) mass is 475 g/mol. The van der Waals surface area contributed by atoms with E-state index in [-0.39, 0.29) is 22.5 Å². The number of carbonyl (C=O) groups is 1. The van der Waals surface area contributed by atoms with Crippen molar-refractivity contribution in [2.24, 2.45) is 5.92 Å². The van der Waals surface area contributed by atoms with Gasteiger partial charge in [0.05, 0.1) is 21.8 Å². The van der Waals surface area contributed by atoms with Crippen molar-refractivity contribution in [2.45, 2.75) is 42.9 Å². The smallest absolute Gasteiger partial charge is 0.224 e.